The number of ether oxygens (including phenoxy) is 1. The van der Waals surface area contributed by atoms with Gasteiger partial charge < -0.3 is 9.84 Å². The van der Waals surface area contributed by atoms with Crippen LogP contribution >= 0.6 is 0 Å². The van der Waals surface area contributed by atoms with E-state index in [-0.39, 0.29) is 18.8 Å². The molecule has 2 rings (SSSR count). The van der Waals surface area contributed by atoms with Gasteiger partial charge in [0.2, 0.25) is 0 Å². The van der Waals surface area contributed by atoms with Crippen LogP contribution in [0.2, 0.25) is 0 Å². The van der Waals surface area contributed by atoms with Gasteiger partial charge in [0.25, 0.3) is 0 Å². The van der Waals surface area contributed by atoms with Gasteiger partial charge in [0.05, 0.1) is 13.7 Å². The fourth-order valence-electron chi connectivity index (χ4n) is 2.41. The van der Waals surface area contributed by atoms with Crippen LogP contribution in [0.15, 0.2) is 36.4 Å². The third-order valence-electron chi connectivity index (χ3n) is 3.64. The maximum atomic E-state index is 11.9. The van der Waals surface area contributed by atoms with E-state index in [0.717, 1.165) is 17.2 Å². The number of aliphatic hydroxyl groups excluding tert-OH is 1. The largest absolute Gasteiger partial charge is 0.496 e. The van der Waals surface area contributed by atoms with Gasteiger partial charge in [0, 0.05) is 17.4 Å². The van der Waals surface area contributed by atoms with Gasteiger partial charge in [-0.3, -0.25) is 9.59 Å². The molecule has 22 heavy (non-hydrogen) atoms. The summed E-state index contributed by atoms with van der Waals surface area (Å²) >= 11 is 0. The Hall–Kier alpha value is -2.46. The van der Waals surface area contributed by atoms with Crippen molar-refractivity contribution >= 4 is 22.8 Å². The molecule has 114 valence electrons. The van der Waals surface area contributed by atoms with Crippen LogP contribution in [0.1, 0.15) is 28.4 Å². The molecule has 0 saturated heterocycles. The molecule has 0 amide bonds. The van der Waals surface area contributed by atoms with Gasteiger partial charge in [-0.15, -0.1) is 0 Å². The lowest BCUT2D eigenvalue weighted by Crippen LogP contribution is -2.04. The maximum absolute atomic E-state index is 11.9. The average molecular weight is 298 g/mol. The van der Waals surface area contributed by atoms with Crippen LogP contribution < -0.4 is 4.74 Å². The second-order valence-corrected chi connectivity index (χ2v) is 5.19. The summed E-state index contributed by atoms with van der Waals surface area (Å²) in [5.41, 5.74) is 2.20. The molecule has 2 aromatic carbocycles. The molecule has 0 aliphatic rings. The minimum Gasteiger partial charge on any atom is -0.496 e. The van der Waals surface area contributed by atoms with Crippen molar-refractivity contribution in [3.63, 3.8) is 0 Å². The number of carbonyl (C=O) groups excluding carboxylic acids is 2. The van der Waals surface area contributed by atoms with E-state index >= 15 is 0 Å². The molecule has 0 saturated carbocycles. The van der Waals surface area contributed by atoms with E-state index in [4.69, 9.17) is 4.74 Å². The first kappa shape index (κ1) is 15.9. The van der Waals surface area contributed by atoms with Crippen molar-refractivity contribution in [2.75, 3.05) is 7.11 Å². The minimum absolute atomic E-state index is 0.0626. The number of Topliss-reactive ketones (excluding diaryl/α,β-unsaturated/α-hetero) is 1. The Morgan fingerprint density at radius 3 is 2.59 bits per heavy atom. The van der Waals surface area contributed by atoms with Crippen molar-refractivity contribution < 1.29 is 19.4 Å². The Kier molecular flexibility index (Phi) is 4.73. The molecule has 0 unspecified atom stereocenters. The number of methoxy groups -OCH3 is 1. The molecule has 0 aromatic heterocycles. The smallest absolute Gasteiger partial charge is 0.162 e. The van der Waals surface area contributed by atoms with Gasteiger partial charge in [-0.1, -0.05) is 18.7 Å². The van der Waals surface area contributed by atoms with E-state index < -0.39 is 0 Å². The molecule has 0 aliphatic heterocycles. The van der Waals surface area contributed by atoms with Gasteiger partial charge in [-0.05, 0) is 41.1 Å². The summed E-state index contributed by atoms with van der Waals surface area (Å²) in [5.74, 6) is 0.530. The minimum atomic E-state index is -0.221. The molecule has 0 aliphatic carbocycles. The van der Waals surface area contributed by atoms with Gasteiger partial charge in [0.15, 0.2) is 12.1 Å². The molecule has 2 aromatic rings. The fourth-order valence-corrected chi connectivity index (χ4v) is 2.41. The van der Waals surface area contributed by atoms with Crippen molar-refractivity contribution in [1.82, 2.24) is 0 Å². The summed E-state index contributed by atoms with van der Waals surface area (Å²) in [6.45, 7) is 5.09. The lowest BCUT2D eigenvalue weighted by molar-refractivity contribution is -0.114. The van der Waals surface area contributed by atoms with Crippen molar-refractivity contribution in [1.29, 1.82) is 0 Å². The van der Waals surface area contributed by atoms with Crippen LogP contribution in [0.3, 0.4) is 0 Å². The Bertz CT molecular complexity index is 759. The molecule has 1 N–H and O–H groups in total. The standard InChI is InChI=1S/C18H18O4/c1-11(2)17(21)7-12-6-15-14(18(8-12)22-3)5-4-13(9-19)16(15)10-20/h4-6,8,10,19H,1,7,9H2,2-3H3. The molecule has 0 atom stereocenters. The third kappa shape index (κ3) is 2.92. The maximum Gasteiger partial charge on any atom is 0.162 e. The summed E-state index contributed by atoms with van der Waals surface area (Å²) in [5, 5.41) is 10.8. The van der Waals surface area contributed by atoms with Gasteiger partial charge in [0.1, 0.15) is 5.75 Å². The van der Waals surface area contributed by atoms with E-state index in [1.165, 1.54) is 0 Å². The van der Waals surface area contributed by atoms with Crippen molar-refractivity contribution in [3.05, 3.63) is 53.1 Å². The Morgan fingerprint density at radius 1 is 1.32 bits per heavy atom. The summed E-state index contributed by atoms with van der Waals surface area (Å²) in [4.78, 5) is 23.3. The van der Waals surface area contributed by atoms with Crippen LogP contribution in [0.4, 0.5) is 0 Å². The first-order chi connectivity index (χ1) is 10.5. The van der Waals surface area contributed by atoms with E-state index in [2.05, 4.69) is 6.58 Å². The average Bonchev–Trinajstić information content (AvgIpc) is 2.52. The molecule has 0 heterocycles. The number of aliphatic hydroxyl groups is 1. The number of hydrogen-bond donors (Lipinski definition) is 1. The monoisotopic (exact) mass is 298 g/mol. The number of benzene rings is 2. The highest BCUT2D eigenvalue weighted by molar-refractivity contribution is 6.03. The molecule has 0 bridgehead atoms. The topological polar surface area (TPSA) is 63.6 Å². The van der Waals surface area contributed by atoms with Crippen LogP contribution in [0, 0.1) is 0 Å². The van der Waals surface area contributed by atoms with E-state index in [0.29, 0.717) is 27.8 Å². The number of rotatable bonds is 6. The summed E-state index contributed by atoms with van der Waals surface area (Å²) in [6, 6.07) is 7.09. The first-order valence-electron chi connectivity index (χ1n) is 6.89. The lowest BCUT2D eigenvalue weighted by atomic mass is 9.95. The number of fused-ring (bicyclic) bond motifs is 1. The van der Waals surface area contributed by atoms with Crippen LogP contribution in [-0.2, 0) is 17.8 Å². The van der Waals surface area contributed by atoms with Crippen molar-refractivity contribution in [3.8, 4) is 5.75 Å². The fraction of sp³-hybridized carbons (Fsp3) is 0.222. The molecule has 4 heteroatoms. The second-order valence-electron chi connectivity index (χ2n) is 5.19. The quantitative estimate of drug-likeness (QED) is 0.658. The van der Waals surface area contributed by atoms with Gasteiger partial charge in [-0.25, -0.2) is 0 Å². The summed E-state index contributed by atoms with van der Waals surface area (Å²) < 4.78 is 5.37. The molecular weight excluding hydrogens is 280 g/mol. The van der Waals surface area contributed by atoms with E-state index in [1.54, 1.807) is 38.3 Å². The zero-order valence-corrected chi connectivity index (χ0v) is 12.7. The summed E-state index contributed by atoms with van der Waals surface area (Å²) in [7, 11) is 1.54. The third-order valence-corrected chi connectivity index (χ3v) is 3.64. The molecule has 0 spiro atoms. The SMILES string of the molecule is C=C(C)C(=O)Cc1cc(OC)c2ccc(CO)c(C=O)c2c1. The zero-order valence-electron chi connectivity index (χ0n) is 12.7. The Balaban J connectivity index is 2.68. The molecule has 4 nitrogen and oxygen atoms in total. The second kappa shape index (κ2) is 6.54. The van der Waals surface area contributed by atoms with Crippen LogP contribution in [0.25, 0.3) is 10.8 Å². The number of aldehydes is 1. The van der Waals surface area contributed by atoms with Crippen LogP contribution in [0.5, 0.6) is 5.75 Å². The number of allylic oxidation sites excluding steroid dienone is 1. The number of ketones is 1. The highest BCUT2D eigenvalue weighted by atomic mass is 16.5. The number of hydrogen-bond acceptors (Lipinski definition) is 4. The van der Waals surface area contributed by atoms with Gasteiger partial charge in [-0.2, -0.15) is 0 Å². The van der Waals surface area contributed by atoms with Gasteiger partial charge >= 0.3 is 0 Å². The Morgan fingerprint density at radius 2 is 2.05 bits per heavy atom. The van der Waals surface area contributed by atoms with Crippen molar-refractivity contribution in [2.45, 2.75) is 20.0 Å². The normalized spacial score (nSPS) is 10.5. The predicted octanol–water partition coefficient (Wildman–Crippen LogP) is 2.84. The first-order valence-corrected chi connectivity index (χ1v) is 6.89. The van der Waals surface area contributed by atoms with Crippen LogP contribution in [-0.4, -0.2) is 24.3 Å². The van der Waals surface area contributed by atoms with E-state index in [9.17, 15) is 14.7 Å². The Labute approximate surface area is 129 Å². The number of carbonyl (C=O) groups is 2. The van der Waals surface area contributed by atoms with Crippen molar-refractivity contribution in [2.24, 2.45) is 0 Å². The molecule has 0 radical (unpaired) electrons. The molecular formula is C18H18O4. The zero-order chi connectivity index (χ0) is 16.3. The summed E-state index contributed by atoms with van der Waals surface area (Å²) in [6.07, 6.45) is 0.918. The highest BCUT2D eigenvalue weighted by Gasteiger charge is 2.13. The lowest BCUT2D eigenvalue weighted by Gasteiger charge is -2.12. The highest BCUT2D eigenvalue weighted by Crippen LogP contribution is 2.31. The predicted molar refractivity (Wildman–Crippen MR) is 85.3 cm³/mol. The van der Waals surface area contributed by atoms with E-state index in [1.807, 2.05) is 0 Å². The molecule has 0 fully saturated rings.